The molecular formula is C15H22N2O3. The van der Waals surface area contributed by atoms with Crippen LogP contribution in [0.15, 0.2) is 24.3 Å². The molecule has 0 aliphatic heterocycles. The number of amides is 1. The molecule has 1 fully saturated rings. The number of aromatic hydroxyl groups is 1. The Morgan fingerprint density at radius 3 is 2.65 bits per heavy atom. The van der Waals surface area contributed by atoms with Crippen LogP contribution in [0, 0.1) is 5.92 Å². The molecule has 1 saturated carbocycles. The van der Waals surface area contributed by atoms with Gasteiger partial charge in [-0.15, -0.1) is 0 Å². The third-order valence-electron chi connectivity index (χ3n) is 3.81. The van der Waals surface area contributed by atoms with Crippen LogP contribution in [-0.4, -0.2) is 34.8 Å². The second-order valence-corrected chi connectivity index (χ2v) is 5.56. The van der Waals surface area contributed by atoms with E-state index in [1.54, 1.807) is 24.3 Å². The van der Waals surface area contributed by atoms with Gasteiger partial charge in [0.1, 0.15) is 5.75 Å². The maximum atomic E-state index is 11.9. The Morgan fingerprint density at radius 1 is 1.35 bits per heavy atom. The zero-order valence-electron chi connectivity index (χ0n) is 11.5. The van der Waals surface area contributed by atoms with Crippen LogP contribution in [0.2, 0.25) is 0 Å². The van der Waals surface area contributed by atoms with Gasteiger partial charge in [0.15, 0.2) is 0 Å². The van der Waals surface area contributed by atoms with Gasteiger partial charge in [-0.1, -0.05) is 12.1 Å². The number of hydrogen-bond acceptors (Lipinski definition) is 4. The monoisotopic (exact) mass is 278 g/mol. The number of rotatable bonds is 5. The molecule has 1 aromatic rings. The average Bonchev–Trinajstić information content (AvgIpc) is 2.84. The maximum Gasteiger partial charge on any atom is 0.237 e. The first kappa shape index (κ1) is 14.8. The second kappa shape index (κ2) is 6.72. The molecule has 0 radical (unpaired) electrons. The highest BCUT2D eigenvalue weighted by atomic mass is 16.3. The van der Waals surface area contributed by atoms with Crippen LogP contribution in [0.4, 0.5) is 0 Å². The second-order valence-electron chi connectivity index (χ2n) is 5.56. The normalized spacial score (nSPS) is 23.5. The van der Waals surface area contributed by atoms with Crippen LogP contribution in [0.5, 0.6) is 5.75 Å². The van der Waals surface area contributed by atoms with Crippen LogP contribution in [0.25, 0.3) is 0 Å². The maximum absolute atomic E-state index is 11.9. The van der Waals surface area contributed by atoms with Crippen LogP contribution in [0.3, 0.4) is 0 Å². The van der Waals surface area contributed by atoms with Gasteiger partial charge in [0, 0.05) is 6.54 Å². The summed E-state index contributed by atoms with van der Waals surface area (Å²) in [5.41, 5.74) is 6.79. The molecular weight excluding hydrogens is 256 g/mol. The summed E-state index contributed by atoms with van der Waals surface area (Å²) in [4.78, 5) is 11.9. The zero-order chi connectivity index (χ0) is 14.5. The minimum atomic E-state index is -0.592. The van der Waals surface area contributed by atoms with Crippen molar-refractivity contribution in [3.8, 4) is 5.75 Å². The summed E-state index contributed by atoms with van der Waals surface area (Å²) < 4.78 is 0. The van der Waals surface area contributed by atoms with Gasteiger partial charge in [0.05, 0.1) is 12.1 Å². The quantitative estimate of drug-likeness (QED) is 0.632. The van der Waals surface area contributed by atoms with E-state index in [-0.39, 0.29) is 17.8 Å². The van der Waals surface area contributed by atoms with Crippen molar-refractivity contribution in [1.82, 2.24) is 5.32 Å². The van der Waals surface area contributed by atoms with E-state index in [4.69, 9.17) is 5.73 Å². The Morgan fingerprint density at radius 2 is 2.05 bits per heavy atom. The van der Waals surface area contributed by atoms with E-state index in [1.807, 2.05) is 0 Å². The lowest BCUT2D eigenvalue weighted by Gasteiger charge is -2.15. The number of benzene rings is 1. The molecule has 110 valence electrons. The van der Waals surface area contributed by atoms with Gasteiger partial charge in [0.25, 0.3) is 0 Å². The lowest BCUT2D eigenvalue weighted by Crippen LogP contribution is -2.43. The molecule has 5 N–H and O–H groups in total. The van der Waals surface area contributed by atoms with Crippen LogP contribution >= 0.6 is 0 Å². The number of hydrogen-bond donors (Lipinski definition) is 4. The molecule has 5 heteroatoms. The highest BCUT2D eigenvalue weighted by Crippen LogP contribution is 2.24. The van der Waals surface area contributed by atoms with E-state index in [0.29, 0.717) is 18.9 Å². The summed E-state index contributed by atoms with van der Waals surface area (Å²) in [5.74, 6) is 0.390. The van der Waals surface area contributed by atoms with Crippen molar-refractivity contribution >= 4 is 5.91 Å². The summed E-state index contributed by atoms with van der Waals surface area (Å²) >= 11 is 0. The highest BCUT2D eigenvalue weighted by Gasteiger charge is 2.23. The van der Waals surface area contributed by atoms with Crippen molar-refractivity contribution in [1.29, 1.82) is 0 Å². The molecule has 1 aliphatic carbocycles. The zero-order valence-corrected chi connectivity index (χ0v) is 11.5. The van der Waals surface area contributed by atoms with Gasteiger partial charge < -0.3 is 21.3 Å². The van der Waals surface area contributed by atoms with Crippen molar-refractivity contribution in [3.63, 3.8) is 0 Å². The van der Waals surface area contributed by atoms with Crippen molar-refractivity contribution in [2.24, 2.45) is 11.7 Å². The Hall–Kier alpha value is -1.59. The molecule has 2 unspecified atom stereocenters. The fourth-order valence-corrected chi connectivity index (χ4v) is 2.59. The lowest BCUT2D eigenvalue weighted by atomic mass is 10.0. The van der Waals surface area contributed by atoms with Crippen LogP contribution < -0.4 is 11.1 Å². The minimum Gasteiger partial charge on any atom is -0.508 e. The molecule has 1 aromatic carbocycles. The van der Waals surface area contributed by atoms with E-state index in [0.717, 1.165) is 24.8 Å². The summed E-state index contributed by atoms with van der Waals surface area (Å²) in [6.07, 6.45) is 2.75. The summed E-state index contributed by atoms with van der Waals surface area (Å²) in [6.45, 7) is 0.583. The van der Waals surface area contributed by atoms with Gasteiger partial charge in [-0.3, -0.25) is 4.79 Å². The van der Waals surface area contributed by atoms with E-state index < -0.39 is 6.04 Å². The molecule has 1 aliphatic rings. The third kappa shape index (κ3) is 4.21. The van der Waals surface area contributed by atoms with Crippen LogP contribution in [-0.2, 0) is 11.2 Å². The number of carbonyl (C=O) groups excluding carboxylic acids is 1. The Labute approximate surface area is 118 Å². The molecule has 1 amide bonds. The number of phenolic OH excluding ortho intramolecular Hbond substituents is 1. The Balaban J connectivity index is 1.75. The summed E-state index contributed by atoms with van der Waals surface area (Å²) in [5, 5.41) is 21.5. The third-order valence-corrected chi connectivity index (χ3v) is 3.81. The number of aliphatic hydroxyl groups excluding tert-OH is 1. The SMILES string of the molecule is N[C@@H](Cc1ccc(O)cc1)C(=O)NCC1CCC(O)C1. The van der Waals surface area contributed by atoms with Gasteiger partial charge in [-0.25, -0.2) is 0 Å². The molecule has 0 bridgehead atoms. The van der Waals surface area contributed by atoms with E-state index in [1.165, 1.54) is 0 Å². The van der Waals surface area contributed by atoms with Gasteiger partial charge >= 0.3 is 0 Å². The number of aliphatic hydroxyl groups is 1. The predicted octanol–water partition coefficient (Wildman–Crippen LogP) is 0.539. The highest BCUT2D eigenvalue weighted by molar-refractivity contribution is 5.81. The molecule has 0 spiro atoms. The minimum absolute atomic E-state index is 0.167. The van der Waals surface area contributed by atoms with Gasteiger partial charge in [-0.05, 0) is 49.3 Å². The fraction of sp³-hybridized carbons (Fsp3) is 0.533. The van der Waals surface area contributed by atoms with Crippen molar-refractivity contribution in [2.75, 3.05) is 6.54 Å². The average molecular weight is 278 g/mol. The first-order chi connectivity index (χ1) is 9.54. The number of nitrogens with two attached hydrogens (primary N) is 1. The largest absolute Gasteiger partial charge is 0.508 e. The van der Waals surface area contributed by atoms with E-state index in [9.17, 15) is 15.0 Å². The standard InChI is InChI=1S/C15H22N2O3/c16-14(8-10-1-4-12(18)5-2-10)15(20)17-9-11-3-6-13(19)7-11/h1-2,4-5,11,13-14,18-19H,3,6-9,16H2,(H,17,20)/t11?,13?,14-/m0/s1. The lowest BCUT2D eigenvalue weighted by molar-refractivity contribution is -0.122. The number of nitrogens with one attached hydrogen (secondary N) is 1. The van der Waals surface area contributed by atoms with Crippen molar-refractivity contribution in [3.05, 3.63) is 29.8 Å². The molecule has 20 heavy (non-hydrogen) atoms. The van der Waals surface area contributed by atoms with Crippen LogP contribution in [0.1, 0.15) is 24.8 Å². The van der Waals surface area contributed by atoms with E-state index in [2.05, 4.69) is 5.32 Å². The number of carbonyl (C=O) groups is 1. The van der Waals surface area contributed by atoms with E-state index >= 15 is 0 Å². The molecule has 0 heterocycles. The molecule has 2 rings (SSSR count). The van der Waals surface area contributed by atoms with Crippen molar-refractivity contribution < 1.29 is 15.0 Å². The van der Waals surface area contributed by atoms with Gasteiger partial charge in [0.2, 0.25) is 5.91 Å². The van der Waals surface area contributed by atoms with Crippen molar-refractivity contribution in [2.45, 2.75) is 37.8 Å². The van der Waals surface area contributed by atoms with Gasteiger partial charge in [-0.2, -0.15) is 0 Å². The molecule has 0 saturated heterocycles. The summed E-state index contributed by atoms with van der Waals surface area (Å²) in [7, 11) is 0. The fourth-order valence-electron chi connectivity index (χ4n) is 2.59. The Bertz CT molecular complexity index is 447. The first-order valence-electron chi connectivity index (χ1n) is 7.04. The predicted molar refractivity (Wildman–Crippen MR) is 76.1 cm³/mol. The topological polar surface area (TPSA) is 95.6 Å². The smallest absolute Gasteiger partial charge is 0.237 e. The Kier molecular flexibility index (Phi) is 4.98. The molecule has 3 atom stereocenters. The first-order valence-corrected chi connectivity index (χ1v) is 7.04. The summed E-state index contributed by atoms with van der Waals surface area (Å²) in [6, 6.07) is 6.09. The number of phenols is 1. The molecule has 5 nitrogen and oxygen atoms in total. The molecule has 0 aromatic heterocycles.